The van der Waals surface area contributed by atoms with E-state index in [1.165, 1.54) is 6.07 Å². The van der Waals surface area contributed by atoms with Crippen LogP contribution in [0.3, 0.4) is 0 Å². The number of rotatable bonds is 5. The van der Waals surface area contributed by atoms with E-state index in [-0.39, 0.29) is 18.2 Å². The van der Waals surface area contributed by atoms with E-state index in [2.05, 4.69) is 0 Å². The molecule has 0 amide bonds. The highest BCUT2D eigenvalue weighted by atomic mass is 16.6. The summed E-state index contributed by atoms with van der Waals surface area (Å²) >= 11 is 0. The van der Waals surface area contributed by atoms with Gasteiger partial charge < -0.3 is 4.52 Å². The molecule has 0 saturated heterocycles. The van der Waals surface area contributed by atoms with Gasteiger partial charge in [0, 0.05) is 18.1 Å². The number of nitro benzene ring substituents is 1. The third-order valence-corrected chi connectivity index (χ3v) is 3.74. The minimum Gasteiger partial charge on any atom is -0.336 e. The molecule has 1 aromatic heterocycles. The van der Waals surface area contributed by atoms with E-state index in [1.807, 2.05) is 13.8 Å². The summed E-state index contributed by atoms with van der Waals surface area (Å²) in [5, 5.41) is 11.0. The maximum Gasteiger partial charge on any atom is 0.361 e. The molecular formula is C15H18N2O4. The number of aromatic nitrogens is 1. The van der Waals surface area contributed by atoms with Gasteiger partial charge in [0.15, 0.2) is 0 Å². The molecule has 1 heterocycles. The highest BCUT2D eigenvalue weighted by molar-refractivity contribution is 5.43. The van der Waals surface area contributed by atoms with E-state index >= 15 is 0 Å². The molecule has 6 nitrogen and oxygen atoms in total. The summed E-state index contributed by atoms with van der Waals surface area (Å²) in [5.74, 6) is 0. The van der Waals surface area contributed by atoms with Crippen LogP contribution in [0.5, 0.6) is 0 Å². The molecule has 0 spiro atoms. The number of hydrogen-bond acceptors (Lipinski definition) is 4. The van der Waals surface area contributed by atoms with Crippen LogP contribution in [-0.2, 0) is 6.42 Å². The molecule has 0 saturated carbocycles. The van der Waals surface area contributed by atoms with E-state index < -0.39 is 10.5 Å². The first kappa shape index (κ1) is 15.0. The van der Waals surface area contributed by atoms with Gasteiger partial charge in [0.25, 0.3) is 5.69 Å². The lowest BCUT2D eigenvalue weighted by Gasteiger charge is -2.10. The molecule has 112 valence electrons. The van der Waals surface area contributed by atoms with Crippen molar-refractivity contribution in [1.82, 2.24) is 4.74 Å². The molecule has 0 aliphatic rings. The van der Waals surface area contributed by atoms with Crippen LogP contribution < -0.4 is 5.63 Å². The summed E-state index contributed by atoms with van der Waals surface area (Å²) in [6, 6.07) is 6.53. The molecule has 0 fully saturated rings. The smallest absolute Gasteiger partial charge is 0.336 e. The molecule has 1 aromatic carbocycles. The standard InChI is InChI=1S/C15H18N2O4/c1-4-10(2)16-11(3)13(15(18)21-16)9-12-7-5-6-8-14(12)17(19)20/h5-8,10H,4,9H2,1-3H3. The highest BCUT2D eigenvalue weighted by Crippen LogP contribution is 2.23. The summed E-state index contributed by atoms with van der Waals surface area (Å²) in [5.41, 5.74) is 1.32. The molecule has 0 aliphatic carbocycles. The number of para-hydroxylation sites is 1. The second-order valence-corrected chi connectivity index (χ2v) is 5.09. The first-order chi connectivity index (χ1) is 9.95. The molecular weight excluding hydrogens is 272 g/mol. The van der Waals surface area contributed by atoms with Crippen molar-refractivity contribution in [3.8, 4) is 0 Å². The van der Waals surface area contributed by atoms with Gasteiger partial charge in [0.05, 0.1) is 22.2 Å². The Morgan fingerprint density at radius 2 is 2.05 bits per heavy atom. The summed E-state index contributed by atoms with van der Waals surface area (Å²) in [6.07, 6.45) is 1.04. The minimum atomic E-state index is -0.433. The number of nitrogens with zero attached hydrogens (tertiary/aromatic N) is 2. The Hall–Kier alpha value is -2.37. The van der Waals surface area contributed by atoms with Crippen molar-refractivity contribution in [2.45, 2.75) is 39.7 Å². The Labute approximate surface area is 122 Å². The average Bonchev–Trinajstić information content (AvgIpc) is 2.75. The summed E-state index contributed by atoms with van der Waals surface area (Å²) in [7, 11) is 0. The largest absolute Gasteiger partial charge is 0.361 e. The molecule has 6 heteroatoms. The van der Waals surface area contributed by atoms with Crippen LogP contribution in [0.25, 0.3) is 0 Å². The van der Waals surface area contributed by atoms with Crippen molar-refractivity contribution in [3.63, 3.8) is 0 Å². The van der Waals surface area contributed by atoms with Crippen LogP contribution >= 0.6 is 0 Å². The Bertz CT molecular complexity index is 715. The van der Waals surface area contributed by atoms with Gasteiger partial charge in [-0.3, -0.25) is 10.1 Å². The lowest BCUT2D eigenvalue weighted by atomic mass is 10.0. The Morgan fingerprint density at radius 1 is 1.38 bits per heavy atom. The molecule has 0 bridgehead atoms. The zero-order chi connectivity index (χ0) is 15.6. The Balaban J connectivity index is 2.44. The Kier molecular flexibility index (Phi) is 4.26. The van der Waals surface area contributed by atoms with Crippen LogP contribution in [0.2, 0.25) is 0 Å². The maximum absolute atomic E-state index is 12.0. The van der Waals surface area contributed by atoms with Crippen LogP contribution in [0.4, 0.5) is 5.69 Å². The second kappa shape index (κ2) is 5.95. The quantitative estimate of drug-likeness (QED) is 0.625. The van der Waals surface area contributed by atoms with E-state index in [0.29, 0.717) is 11.1 Å². The molecule has 21 heavy (non-hydrogen) atoms. The van der Waals surface area contributed by atoms with Gasteiger partial charge in [-0.2, -0.15) is 0 Å². The lowest BCUT2D eigenvalue weighted by molar-refractivity contribution is -0.385. The summed E-state index contributed by atoms with van der Waals surface area (Å²) in [6.45, 7) is 5.78. The van der Waals surface area contributed by atoms with E-state index in [1.54, 1.807) is 29.9 Å². The zero-order valence-electron chi connectivity index (χ0n) is 12.3. The fourth-order valence-corrected chi connectivity index (χ4v) is 2.31. The Morgan fingerprint density at radius 3 is 2.67 bits per heavy atom. The molecule has 0 aliphatic heterocycles. The van der Waals surface area contributed by atoms with Crippen LogP contribution in [0.15, 0.2) is 33.6 Å². The average molecular weight is 290 g/mol. The van der Waals surface area contributed by atoms with Crippen LogP contribution in [-0.4, -0.2) is 9.66 Å². The molecule has 2 aromatic rings. The lowest BCUT2D eigenvalue weighted by Crippen LogP contribution is -2.06. The highest BCUT2D eigenvalue weighted by Gasteiger charge is 2.20. The second-order valence-electron chi connectivity index (χ2n) is 5.09. The molecule has 2 rings (SSSR count). The zero-order valence-corrected chi connectivity index (χ0v) is 12.3. The first-order valence-electron chi connectivity index (χ1n) is 6.89. The number of benzene rings is 1. The fourth-order valence-electron chi connectivity index (χ4n) is 2.31. The van der Waals surface area contributed by atoms with Gasteiger partial charge in [-0.15, -0.1) is 0 Å². The molecule has 0 N–H and O–H groups in total. The monoisotopic (exact) mass is 290 g/mol. The van der Waals surface area contributed by atoms with Gasteiger partial charge in [-0.25, -0.2) is 9.53 Å². The van der Waals surface area contributed by atoms with Gasteiger partial charge >= 0.3 is 5.63 Å². The van der Waals surface area contributed by atoms with Gasteiger partial charge in [-0.1, -0.05) is 25.1 Å². The van der Waals surface area contributed by atoms with Gasteiger partial charge in [-0.05, 0) is 20.3 Å². The van der Waals surface area contributed by atoms with Crippen molar-refractivity contribution in [1.29, 1.82) is 0 Å². The summed E-state index contributed by atoms with van der Waals surface area (Å²) in [4.78, 5) is 22.6. The van der Waals surface area contributed by atoms with Crippen LogP contribution in [0.1, 0.15) is 43.1 Å². The van der Waals surface area contributed by atoms with Gasteiger partial charge in [0.1, 0.15) is 0 Å². The van der Waals surface area contributed by atoms with E-state index in [0.717, 1.165) is 12.1 Å². The SMILES string of the molecule is CCC(C)n1oc(=O)c(Cc2ccccc2[N+](=O)[O-])c1C. The minimum absolute atomic E-state index is 0.0209. The van der Waals surface area contributed by atoms with E-state index in [9.17, 15) is 14.9 Å². The molecule has 1 atom stereocenters. The topological polar surface area (TPSA) is 78.3 Å². The number of hydrogen-bond donors (Lipinski definition) is 0. The molecule has 0 radical (unpaired) electrons. The predicted molar refractivity (Wildman–Crippen MR) is 78.6 cm³/mol. The predicted octanol–water partition coefficient (Wildman–Crippen LogP) is 3.22. The van der Waals surface area contributed by atoms with Crippen molar-refractivity contribution in [2.75, 3.05) is 0 Å². The normalized spacial score (nSPS) is 12.3. The van der Waals surface area contributed by atoms with Crippen molar-refractivity contribution in [2.24, 2.45) is 0 Å². The number of nitro groups is 1. The fraction of sp³-hybridized carbons (Fsp3) is 0.400. The van der Waals surface area contributed by atoms with Crippen LogP contribution in [0, 0.1) is 17.0 Å². The van der Waals surface area contributed by atoms with Crippen molar-refractivity contribution in [3.05, 3.63) is 61.6 Å². The van der Waals surface area contributed by atoms with Gasteiger partial charge in [0.2, 0.25) is 0 Å². The third-order valence-electron chi connectivity index (χ3n) is 3.74. The van der Waals surface area contributed by atoms with Crippen molar-refractivity contribution < 1.29 is 9.45 Å². The van der Waals surface area contributed by atoms with Crippen molar-refractivity contribution >= 4 is 5.69 Å². The molecule has 1 unspecified atom stereocenters. The summed E-state index contributed by atoms with van der Waals surface area (Å²) < 4.78 is 6.85. The van der Waals surface area contributed by atoms with E-state index in [4.69, 9.17) is 4.52 Å². The maximum atomic E-state index is 12.0. The first-order valence-corrected chi connectivity index (χ1v) is 6.89. The third kappa shape index (κ3) is 2.89.